The number of carbonyl (C=O) groups is 2. The van der Waals surface area contributed by atoms with Crippen molar-refractivity contribution in [3.05, 3.63) is 52.9 Å². The first-order valence-electron chi connectivity index (χ1n) is 10.0. The maximum absolute atomic E-state index is 13.3. The van der Waals surface area contributed by atoms with E-state index in [4.69, 9.17) is 4.52 Å². The molecule has 154 valence electrons. The van der Waals surface area contributed by atoms with Crippen molar-refractivity contribution in [2.75, 3.05) is 40.3 Å². The molecule has 2 amide bonds. The highest BCUT2D eigenvalue weighted by Crippen LogP contribution is 2.44. The molecule has 2 aromatic rings. The quantitative estimate of drug-likeness (QED) is 0.790. The number of fused-ring (bicyclic) bond motifs is 1. The van der Waals surface area contributed by atoms with Crippen molar-refractivity contribution in [2.45, 2.75) is 20.4 Å². The van der Waals surface area contributed by atoms with E-state index in [2.05, 4.69) is 10.1 Å². The molecule has 0 saturated carbocycles. The van der Waals surface area contributed by atoms with Crippen molar-refractivity contribution in [3.63, 3.8) is 0 Å². The Hall–Kier alpha value is -2.67. The summed E-state index contributed by atoms with van der Waals surface area (Å²) in [5.41, 5.74) is 2.10. The van der Waals surface area contributed by atoms with Crippen molar-refractivity contribution in [3.8, 4) is 0 Å². The van der Waals surface area contributed by atoms with Crippen LogP contribution in [0.5, 0.6) is 0 Å². The Balaban J connectivity index is 1.57. The number of hydrogen-bond acceptors (Lipinski definition) is 5. The summed E-state index contributed by atoms with van der Waals surface area (Å²) in [5.74, 6) is 1.05. The molecule has 0 radical (unpaired) electrons. The second-order valence-electron chi connectivity index (χ2n) is 8.58. The largest absolute Gasteiger partial charge is 0.361 e. The predicted octanol–water partition coefficient (Wildman–Crippen LogP) is 1.95. The van der Waals surface area contributed by atoms with E-state index < -0.39 is 5.41 Å². The lowest BCUT2D eigenvalue weighted by Crippen LogP contribution is -2.47. The number of amides is 2. The first kappa shape index (κ1) is 19.6. The zero-order valence-electron chi connectivity index (χ0n) is 17.5. The van der Waals surface area contributed by atoms with Gasteiger partial charge in [-0.25, -0.2) is 0 Å². The fourth-order valence-corrected chi connectivity index (χ4v) is 4.91. The summed E-state index contributed by atoms with van der Waals surface area (Å²) in [6.07, 6.45) is 0. The van der Waals surface area contributed by atoms with Gasteiger partial charge < -0.3 is 14.3 Å². The van der Waals surface area contributed by atoms with Gasteiger partial charge in [-0.15, -0.1) is 0 Å². The normalized spacial score (nSPS) is 24.0. The molecule has 4 rings (SSSR count). The highest BCUT2D eigenvalue weighted by atomic mass is 16.5. The number of aryl methyl sites for hydroxylation is 2. The zero-order valence-corrected chi connectivity index (χ0v) is 17.5. The van der Waals surface area contributed by atoms with Crippen molar-refractivity contribution >= 4 is 11.8 Å². The maximum atomic E-state index is 13.3. The average molecular weight is 396 g/mol. The molecule has 7 heteroatoms. The van der Waals surface area contributed by atoms with Gasteiger partial charge in [-0.1, -0.05) is 23.4 Å². The van der Waals surface area contributed by atoms with Crippen LogP contribution >= 0.6 is 0 Å². The Morgan fingerprint density at radius 3 is 2.52 bits per heavy atom. The van der Waals surface area contributed by atoms with E-state index in [0.29, 0.717) is 31.7 Å². The molecule has 2 aliphatic rings. The van der Waals surface area contributed by atoms with E-state index in [1.54, 1.807) is 19.0 Å². The van der Waals surface area contributed by atoms with E-state index in [9.17, 15) is 9.59 Å². The Kier molecular flexibility index (Phi) is 4.94. The van der Waals surface area contributed by atoms with Crippen LogP contribution in [0.2, 0.25) is 0 Å². The number of carbonyl (C=O) groups excluding carboxylic acids is 2. The fourth-order valence-electron chi connectivity index (χ4n) is 4.91. The number of aromatic nitrogens is 1. The van der Waals surface area contributed by atoms with Crippen LogP contribution in [0.25, 0.3) is 0 Å². The lowest BCUT2D eigenvalue weighted by atomic mass is 9.80. The summed E-state index contributed by atoms with van der Waals surface area (Å²) in [5, 5.41) is 4.05. The fraction of sp³-hybridized carbons (Fsp3) is 0.500. The summed E-state index contributed by atoms with van der Waals surface area (Å²) < 4.78 is 5.30. The van der Waals surface area contributed by atoms with Crippen LogP contribution in [0.1, 0.15) is 27.4 Å². The summed E-state index contributed by atoms with van der Waals surface area (Å²) in [6.45, 7) is 7.06. The molecular formula is C22H28N4O3. The smallest absolute Gasteiger partial charge is 0.253 e. The minimum Gasteiger partial charge on any atom is -0.361 e. The summed E-state index contributed by atoms with van der Waals surface area (Å²) in [4.78, 5) is 32.1. The van der Waals surface area contributed by atoms with E-state index >= 15 is 0 Å². The molecule has 1 aromatic carbocycles. The lowest BCUT2D eigenvalue weighted by molar-refractivity contribution is -0.139. The van der Waals surface area contributed by atoms with Gasteiger partial charge in [-0.3, -0.25) is 14.5 Å². The second kappa shape index (κ2) is 7.30. The first-order valence-corrected chi connectivity index (χ1v) is 10.0. The van der Waals surface area contributed by atoms with Gasteiger partial charge in [0.25, 0.3) is 5.91 Å². The van der Waals surface area contributed by atoms with Crippen LogP contribution in [0.4, 0.5) is 0 Å². The van der Waals surface area contributed by atoms with Gasteiger partial charge in [0.05, 0.1) is 11.1 Å². The van der Waals surface area contributed by atoms with Crippen molar-refractivity contribution in [1.82, 2.24) is 19.9 Å². The topological polar surface area (TPSA) is 69.9 Å². The van der Waals surface area contributed by atoms with Gasteiger partial charge in [0.1, 0.15) is 5.76 Å². The number of hydrogen-bond donors (Lipinski definition) is 0. The predicted molar refractivity (Wildman–Crippen MR) is 108 cm³/mol. The van der Waals surface area contributed by atoms with Crippen LogP contribution < -0.4 is 0 Å². The molecule has 0 unspecified atom stereocenters. The van der Waals surface area contributed by atoms with Crippen molar-refractivity contribution in [1.29, 1.82) is 0 Å². The molecule has 29 heavy (non-hydrogen) atoms. The third-order valence-electron chi connectivity index (χ3n) is 6.38. The third-order valence-corrected chi connectivity index (χ3v) is 6.38. The molecule has 1 aromatic heterocycles. The SMILES string of the molecule is Cc1noc(C)c1CN1C[C@@H]2CN(C(=O)c3ccccc3)C[C@]2(C(=O)N(C)C)C1. The van der Waals surface area contributed by atoms with Crippen LogP contribution in [-0.4, -0.2) is 71.9 Å². The molecule has 3 heterocycles. The minimum atomic E-state index is -0.563. The zero-order chi connectivity index (χ0) is 20.8. The molecule has 2 atom stereocenters. The van der Waals surface area contributed by atoms with Crippen LogP contribution in [-0.2, 0) is 11.3 Å². The molecule has 2 fully saturated rings. The van der Waals surface area contributed by atoms with E-state index in [1.165, 1.54) is 0 Å². The third kappa shape index (κ3) is 3.33. The summed E-state index contributed by atoms with van der Waals surface area (Å²) >= 11 is 0. The number of benzene rings is 1. The van der Waals surface area contributed by atoms with Gasteiger partial charge >= 0.3 is 0 Å². The summed E-state index contributed by atoms with van der Waals surface area (Å²) in [7, 11) is 3.60. The number of rotatable bonds is 4. The van der Waals surface area contributed by atoms with Gasteiger partial charge in [0.15, 0.2) is 0 Å². The van der Waals surface area contributed by atoms with Gasteiger partial charge in [0.2, 0.25) is 5.91 Å². The molecule has 2 saturated heterocycles. The van der Waals surface area contributed by atoms with Crippen molar-refractivity contribution < 1.29 is 14.1 Å². The molecule has 0 aliphatic carbocycles. The molecular weight excluding hydrogens is 368 g/mol. The molecule has 0 N–H and O–H groups in total. The Morgan fingerprint density at radius 1 is 1.17 bits per heavy atom. The average Bonchev–Trinajstić information content (AvgIpc) is 3.34. The van der Waals surface area contributed by atoms with Gasteiger partial charge in [-0.2, -0.15) is 0 Å². The van der Waals surface area contributed by atoms with E-state index in [1.807, 2.05) is 49.1 Å². The molecule has 0 spiro atoms. The number of nitrogens with zero attached hydrogens (tertiary/aromatic N) is 4. The monoisotopic (exact) mass is 396 g/mol. The van der Waals surface area contributed by atoms with Crippen molar-refractivity contribution in [2.24, 2.45) is 11.3 Å². The summed E-state index contributed by atoms with van der Waals surface area (Å²) in [6, 6.07) is 9.31. The highest BCUT2D eigenvalue weighted by molar-refractivity contribution is 5.95. The molecule has 7 nitrogen and oxygen atoms in total. The Morgan fingerprint density at radius 2 is 1.90 bits per heavy atom. The highest BCUT2D eigenvalue weighted by Gasteiger charge is 2.58. The first-order chi connectivity index (χ1) is 13.8. The minimum absolute atomic E-state index is 0.00297. The van der Waals surface area contributed by atoms with Gasteiger partial charge in [0, 0.05) is 63.9 Å². The number of likely N-dealkylation sites (tertiary alicyclic amines) is 2. The maximum Gasteiger partial charge on any atom is 0.253 e. The Bertz CT molecular complexity index is 904. The van der Waals surface area contributed by atoms with Crippen LogP contribution in [0, 0.1) is 25.2 Å². The lowest BCUT2D eigenvalue weighted by Gasteiger charge is -2.31. The molecule has 2 aliphatic heterocycles. The molecule has 0 bridgehead atoms. The van der Waals surface area contributed by atoms with E-state index in [-0.39, 0.29) is 17.7 Å². The van der Waals surface area contributed by atoms with Gasteiger partial charge in [-0.05, 0) is 26.0 Å². The standard InChI is InChI=1S/C22H28N4O3/c1-15-19(16(2)29-23-15)12-25-10-18-11-26(20(27)17-8-6-5-7-9-17)14-22(18,13-25)21(28)24(3)4/h5-9,18H,10-14H2,1-4H3/t18-,22-/m1/s1. The van der Waals surface area contributed by atoms with Crippen LogP contribution in [0.3, 0.4) is 0 Å². The Labute approximate surface area is 171 Å². The van der Waals surface area contributed by atoms with E-state index in [0.717, 1.165) is 23.6 Å². The second-order valence-corrected chi connectivity index (χ2v) is 8.58. The van der Waals surface area contributed by atoms with Crippen LogP contribution in [0.15, 0.2) is 34.9 Å².